The van der Waals surface area contributed by atoms with E-state index in [0.29, 0.717) is 11.8 Å². The van der Waals surface area contributed by atoms with E-state index < -0.39 is 0 Å². The van der Waals surface area contributed by atoms with Gasteiger partial charge >= 0.3 is 0 Å². The Hall–Kier alpha value is -1.02. The standard InChI is InChI=1S/C15H21NO.C2H6.CH4/c1-14(2)13-9-10-11(5-4-6-12(10)17)15(14,3)7-8-16-13;1-2;/h4-6,13,16-17H,7-9H2,1-3H3;1-2H3;1H4. The lowest BCUT2D eigenvalue weighted by Gasteiger charge is -2.57. The van der Waals surface area contributed by atoms with Crippen molar-refractivity contribution < 1.29 is 5.11 Å². The SMILES string of the molecule is C.CC.CC12CCNC(Cc3c(O)cccc31)C2(C)C. The van der Waals surface area contributed by atoms with Crippen LogP contribution in [0.4, 0.5) is 0 Å². The molecule has 2 heteroatoms. The Morgan fingerprint density at radius 3 is 2.50 bits per heavy atom. The molecule has 0 radical (unpaired) electrons. The summed E-state index contributed by atoms with van der Waals surface area (Å²) >= 11 is 0. The summed E-state index contributed by atoms with van der Waals surface area (Å²) in [6.07, 6.45) is 2.09. The molecule has 20 heavy (non-hydrogen) atoms. The average Bonchev–Trinajstić information content (AvgIpc) is 2.37. The summed E-state index contributed by atoms with van der Waals surface area (Å²) in [6.45, 7) is 12.2. The topological polar surface area (TPSA) is 32.3 Å². The largest absolute Gasteiger partial charge is 0.508 e. The molecule has 114 valence electrons. The van der Waals surface area contributed by atoms with Crippen LogP contribution >= 0.6 is 0 Å². The van der Waals surface area contributed by atoms with Gasteiger partial charge in [-0.15, -0.1) is 0 Å². The summed E-state index contributed by atoms with van der Waals surface area (Å²) in [5.74, 6) is 0.470. The molecule has 1 saturated heterocycles. The van der Waals surface area contributed by atoms with Gasteiger partial charge in [-0.25, -0.2) is 0 Å². The van der Waals surface area contributed by atoms with Crippen molar-refractivity contribution in [2.75, 3.05) is 6.54 Å². The predicted molar refractivity (Wildman–Crippen MR) is 87.4 cm³/mol. The van der Waals surface area contributed by atoms with Crippen LogP contribution in [0.25, 0.3) is 0 Å². The van der Waals surface area contributed by atoms with Gasteiger partial charge in [0.1, 0.15) is 5.75 Å². The van der Waals surface area contributed by atoms with Gasteiger partial charge in [0.25, 0.3) is 0 Å². The maximum atomic E-state index is 10.1. The first-order valence-corrected chi connectivity index (χ1v) is 7.51. The van der Waals surface area contributed by atoms with Gasteiger partial charge in [0, 0.05) is 11.5 Å². The molecule has 1 heterocycles. The fourth-order valence-electron chi connectivity index (χ4n) is 3.78. The average molecular weight is 277 g/mol. The Morgan fingerprint density at radius 2 is 1.85 bits per heavy atom. The summed E-state index contributed by atoms with van der Waals surface area (Å²) in [6, 6.07) is 6.48. The number of aromatic hydroxyl groups is 1. The smallest absolute Gasteiger partial charge is 0.119 e. The van der Waals surface area contributed by atoms with Crippen molar-refractivity contribution in [3.8, 4) is 5.75 Å². The van der Waals surface area contributed by atoms with Crippen molar-refractivity contribution in [3.63, 3.8) is 0 Å². The molecule has 1 aromatic carbocycles. The summed E-state index contributed by atoms with van der Waals surface area (Å²) < 4.78 is 0. The maximum Gasteiger partial charge on any atom is 0.119 e. The highest BCUT2D eigenvalue weighted by Gasteiger charge is 2.53. The normalized spacial score (nSPS) is 29.4. The highest BCUT2D eigenvalue weighted by Crippen LogP contribution is 2.54. The summed E-state index contributed by atoms with van der Waals surface area (Å²) in [4.78, 5) is 0. The van der Waals surface area contributed by atoms with Gasteiger partial charge in [0.15, 0.2) is 0 Å². The number of hydrogen-bond donors (Lipinski definition) is 2. The number of benzene rings is 1. The van der Waals surface area contributed by atoms with Gasteiger partial charge < -0.3 is 10.4 Å². The van der Waals surface area contributed by atoms with Crippen molar-refractivity contribution in [1.82, 2.24) is 5.32 Å². The fraction of sp³-hybridized carbons (Fsp3) is 0.667. The van der Waals surface area contributed by atoms with Crippen molar-refractivity contribution in [3.05, 3.63) is 29.3 Å². The van der Waals surface area contributed by atoms with E-state index in [1.165, 1.54) is 5.56 Å². The van der Waals surface area contributed by atoms with Gasteiger partial charge in [-0.3, -0.25) is 0 Å². The number of piperidine rings is 1. The number of phenols is 1. The van der Waals surface area contributed by atoms with E-state index in [4.69, 9.17) is 0 Å². The first kappa shape index (κ1) is 17.0. The molecule has 1 fully saturated rings. The lowest BCUT2D eigenvalue weighted by molar-refractivity contribution is 0.0551. The molecule has 1 aliphatic carbocycles. The molecule has 1 aliphatic heterocycles. The molecule has 0 aromatic heterocycles. The zero-order chi connectivity index (χ0) is 14.3. The van der Waals surface area contributed by atoms with Crippen LogP contribution in [0.3, 0.4) is 0 Å². The second-order valence-electron chi connectivity index (χ2n) is 6.32. The summed E-state index contributed by atoms with van der Waals surface area (Å²) in [7, 11) is 0. The number of rotatable bonds is 0. The van der Waals surface area contributed by atoms with Crippen molar-refractivity contribution >= 4 is 0 Å². The number of phenolic OH excluding ortho intramolecular Hbond substituents is 1. The molecule has 2 nitrogen and oxygen atoms in total. The quantitative estimate of drug-likeness (QED) is 0.743. The Labute approximate surface area is 124 Å². The molecule has 2 atom stereocenters. The molecule has 3 rings (SSSR count). The fourth-order valence-corrected chi connectivity index (χ4v) is 3.78. The number of hydrogen-bond acceptors (Lipinski definition) is 2. The van der Waals surface area contributed by atoms with Gasteiger partial charge in [0.05, 0.1) is 0 Å². The van der Waals surface area contributed by atoms with E-state index in [-0.39, 0.29) is 18.3 Å². The van der Waals surface area contributed by atoms with Crippen LogP contribution in [-0.2, 0) is 11.8 Å². The van der Waals surface area contributed by atoms with Crippen LogP contribution in [0.15, 0.2) is 18.2 Å². The van der Waals surface area contributed by atoms with Crippen LogP contribution in [0, 0.1) is 5.41 Å². The third-order valence-corrected chi connectivity index (χ3v) is 5.46. The first-order valence-electron chi connectivity index (χ1n) is 7.51. The summed E-state index contributed by atoms with van der Waals surface area (Å²) in [5.41, 5.74) is 2.94. The molecule has 0 amide bonds. The third-order valence-electron chi connectivity index (χ3n) is 5.46. The van der Waals surface area contributed by atoms with Crippen LogP contribution in [-0.4, -0.2) is 17.7 Å². The van der Waals surface area contributed by atoms with Crippen molar-refractivity contribution in [1.29, 1.82) is 0 Å². The van der Waals surface area contributed by atoms with E-state index in [0.717, 1.165) is 24.9 Å². The Balaban J connectivity index is 0.000000639. The summed E-state index contributed by atoms with van der Waals surface area (Å²) in [5, 5.41) is 13.7. The van der Waals surface area contributed by atoms with E-state index in [1.807, 2.05) is 26.0 Å². The van der Waals surface area contributed by atoms with Crippen molar-refractivity contribution in [2.24, 2.45) is 5.41 Å². The lowest BCUT2D eigenvalue weighted by Crippen LogP contribution is -2.62. The van der Waals surface area contributed by atoms with Crippen LogP contribution in [0.5, 0.6) is 5.75 Å². The number of fused-ring (bicyclic) bond motifs is 4. The van der Waals surface area contributed by atoms with Crippen LogP contribution in [0.2, 0.25) is 0 Å². The molecule has 2 bridgehead atoms. The van der Waals surface area contributed by atoms with E-state index in [1.54, 1.807) is 0 Å². The minimum atomic E-state index is 0. The van der Waals surface area contributed by atoms with E-state index in [2.05, 4.69) is 32.2 Å². The minimum Gasteiger partial charge on any atom is -0.508 e. The Kier molecular flexibility index (Phi) is 4.91. The molecule has 1 aromatic rings. The molecule has 0 spiro atoms. The molecule has 2 N–H and O–H groups in total. The Morgan fingerprint density at radius 1 is 1.20 bits per heavy atom. The second kappa shape index (κ2) is 5.77. The second-order valence-corrected chi connectivity index (χ2v) is 6.32. The predicted octanol–water partition coefficient (Wildman–Crippen LogP) is 4.26. The van der Waals surface area contributed by atoms with Gasteiger partial charge in [-0.05, 0) is 42.0 Å². The molecule has 2 aliphatic rings. The first-order chi connectivity index (χ1) is 8.97. The van der Waals surface area contributed by atoms with E-state index >= 15 is 0 Å². The molecular weight excluding hydrogens is 246 g/mol. The highest BCUT2D eigenvalue weighted by molar-refractivity contribution is 5.48. The van der Waals surface area contributed by atoms with Crippen LogP contribution < -0.4 is 5.32 Å². The molecular formula is C18H31NO. The van der Waals surface area contributed by atoms with Gasteiger partial charge in [-0.2, -0.15) is 0 Å². The van der Waals surface area contributed by atoms with Gasteiger partial charge in [0.2, 0.25) is 0 Å². The minimum absolute atomic E-state index is 0. The van der Waals surface area contributed by atoms with Gasteiger partial charge in [-0.1, -0.05) is 54.2 Å². The van der Waals surface area contributed by atoms with Crippen LogP contribution in [0.1, 0.15) is 59.6 Å². The Bertz CT molecular complexity index is 466. The molecule has 0 saturated carbocycles. The van der Waals surface area contributed by atoms with E-state index in [9.17, 15) is 5.11 Å². The monoisotopic (exact) mass is 277 g/mol. The molecule has 2 unspecified atom stereocenters. The highest BCUT2D eigenvalue weighted by atomic mass is 16.3. The van der Waals surface area contributed by atoms with Crippen molar-refractivity contribution in [2.45, 2.75) is 66.3 Å². The zero-order valence-electron chi connectivity index (χ0n) is 12.9. The lowest BCUT2D eigenvalue weighted by atomic mass is 9.51. The maximum absolute atomic E-state index is 10.1. The zero-order valence-corrected chi connectivity index (χ0v) is 12.9. The third kappa shape index (κ3) is 2.14. The number of nitrogens with one attached hydrogen (secondary N) is 1.